The van der Waals surface area contributed by atoms with Crippen LogP contribution in [0, 0.1) is 6.92 Å². The van der Waals surface area contributed by atoms with Crippen molar-refractivity contribution in [3.63, 3.8) is 0 Å². The Morgan fingerprint density at radius 1 is 1.00 bits per heavy atom. The molecule has 0 spiro atoms. The highest BCUT2D eigenvalue weighted by molar-refractivity contribution is 7.89. The second-order valence-electron chi connectivity index (χ2n) is 8.77. The highest BCUT2D eigenvalue weighted by Crippen LogP contribution is 2.28. The smallest absolute Gasteiger partial charge is 0.339 e. The summed E-state index contributed by atoms with van der Waals surface area (Å²) in [6, 6.07) is 23.7. The number of hydrogen-bond donors (Lipinski definition) is 2. The summed E-state index contributed by atoms with van der Waals surface area (Å²) in [5.41, 5.74) is 3.26. The van der Waals surface area contributed by atoms with Crippen molar-refractivity contribution < 1.29 is 27.4 Å². The van der Waals surface area contributed by atoms with Crippen LogP contribution in [-0.4, -0.2) is 36.5 Å². The van der Waals surface area contributed by atoms with Crippen molar-refractivity contribution in [1.29, 1.82) is 0 Å². The molecule has 0 aliphatic carbocycles. The topological polar surface area (TPSA) is 147 Å². The number of para-hydroxylation sites is 1. The van der Waals surface area contributed by atoms with Crippen molar-refractivity contribution in [2.45, 2.75) is 18.1 Å². The summed E-state index contributed by atoms with van der Waals surface area (Å²) in [7, 11) is -3.85. The fourth-order valence-electron chi connectivity index (χ4n) is 4.02. The number of aryl methyl sites for hydroxylation is 1. The molecule has 0 saturated heterocycles. The normalized spacial score (nSPS) is 12.5. The molecule has 0 saturated carbocycles. The summed E-state index contributed by atoms with van der Waals surface area (Å²) in [5, 5.41) is 21.1. The lowest BCUT2D eigenvalue weighted by molar-refractivity contribution is -0.111. The zero-order valence-electron chi connectivity index (χ0n) is 20.9. The van der Waals surface area contributed by atoms with Crippen LogP contribution in [-0.2, 0) is 14.8 Å². The first kappa shape index (κ1) is 26.3. The Kier molecular flexibility index (Phi) is 7.31. The molecule has 0 bridgehead atoms. The average Bonchev–Trinajstić information content (AvgIpc) is 3.36. The van der Waals surface area contributed by atoms with E-state index in [1.54, 1.807) is 47.1 Å². The number of aromatic nitrogens is 2. The van der Waals surface area contributed by atoms with E-state index in [4.69, 9.17) is 19.0 Å². The van der Waals surface area contributed by atoms with E-state index in [0.717, 1.165) is 11.1 Å². The largest absolute Gasteiger partial charge is 0.490 e. The van der Waals surface area contributed by atoms with Gasteiger partial charge in [0, 0.05) is 5.56 Å². The minimum absolute atomic E-state index is 0.00546. The molecule has 0 radical (unpaired) electrons. The average molecular weight is 548 g/mol. The van der Waals surface area contributed by atoms with Crippen LogP contribution in [0.4, 0.5) is 0 Å². The van der Waals surface area contributed by atoms with Crippen molar-refractivity contribution in [2.75, 3.05) is 13.2 Å². The van der Waals surface area contributed by atoms with E-state index in [2.05, 4.69) is 5.10 Å². The first-order valence-electron chi connectivity index (χ1n) is 11.9. The molecule has 200 valence electrons. The van der Waals surface area contributed by atoms with Crippen LogP contribution in [0.3, 0.4) is 0 Å². The van der Waals surface area contributed by atoms with Gasteiger partial charge in [0.2, 0.25) is 16.3 Å². The van der Waals surface area contributed by atoms with Gasteiger partial charge in [0.25, 0.3) is 0 Å². The van der Waals surface area contributed by atoms with Crippen LogP contribution in [0.2, 0.25) is 0 Å². The molecule has 1 atom stereocenters. The van der Waals surface area contributed by atoms with Crippen LogP contribution in [0.25, 0.3) is 27.9 Å². The van der Waals surface area contributed by atoms with E-state index in [-0.39, 0.29) is 23.8 Å². The van der Waals surface area contributed by atoms with Crippen molar-refractivity contribution in [1.82, 2.24) is 9.78 Å². The number of aliphatic hydroxyl groups is 1. The molecule has 2 heterocycles. The molecule has 0 aliphatic rings. The SMILES string of the molecule is Cc1ccc(-c2cc(C(O)OCCOc3cc(=O)oc4ccccc34)nn2-c2ccc(S(N)(=O)=O)cc2)cc1. The van der Waals surface area contributed by atoms with Crippen LogP contribution in [0.1, 0.15) is 17.5 Å². The molecule has 0 aliphatic heterocycles. The number of ether oxygens (including phenoxy) is 2. The van der Waals surface area contributed by atoms with Gasteiger partial charge in [0.1, 0.15) is 23.6 Å². The molecular formula is C28H25N3O7S. The number of fused-ring (bicyclic) bond motifs is 1. The predicted molar refractivity (Wildman–Crippen MR) is 144 cm³/mol. The van der Waals surface area contributed by atoms with Crippen molar-refractivity contribution in [2.24, 2.45) is 5.14 Å². The Hall–Kier alpha value is -4.29. The summed E-state index contributed by atoms with van der Waals surface area (Å²) in [6.07, 6.45) is -1.37. The quantitative estimate of drug-likeness (QED) is 0.161. The Balaban J connectivity index is 1.35. The lowest BCUT2D eigenvalue weighted by atomic mass is 10.1. The molecule has 3 aromatic carbocycles. The second kappa shape index (κ2) is 10.8. The minimum atomic E-state index is -3.85. The van der Waals surface area contributed by atoms with Crippen LogP contribution < -0.4 is 15.5 Å². The van der Waals surface area contributed by atoms with Crippen molar-refractivity contribution in [3.05, 3.63) is 107 Å². The second-order valence-corrected chi connectivity index (χ2v) is 10.3. The number of hydrogen-bond acceptors (Lipinski definition) is 8. The third-order valence-corrected chi connectivity index (χ3v) is 6.90. The van der Waals surface area contributed by atoms with E-state index < -0.39 is 21.9 Å². The van der Waals surface area contributed by atoms with Gasteiger partial charge in [-0.25, -0.2) is 23.0 Å². The number of benzene rings is 3. The molecular weight excluding hydrogens is 522 g/mol. The van der Waals surface area contributed by atoms with Crippen LogP contribution in [0.15, 0.2) is 99.0 Å². The predicted octanol–water partition coefficient (Wildman–Crippen LogP) is 3.69. The molecule has 11 heteroatoms. The van der Waals surface area contributed by atoms with E-state index in [1.807, 2.05) is 31.2 Å². The van der Waals surface area contributed by atoms with Gasteiger partial charge in [-0.3, -0.25) is 0 Å². The van der Waals surface area contributed by atoms with Gasteiger partial charge in [-0.2, -0.15) is 5.10 Å². The number of nitrogens with zero attached hydrogens (tertiary/aromatic N) is 2. The number of primary sulfonamides is 1. The maximum absolute atomic E-state index is 11.8. The lowest BCUT2D eigenvalue weighted by Crippen LogP contribution is -2.13. The molecule has 5 rings (SSSR count). The third kappa shape index (κ3) is 5.91. The molecule has 39 heavy (non-hydrogen) atoms. The number of aliphatic hydroxyl groups excluding tert-OH is 1. The Bertz CT molecular complexity index is 1780. The van der Waals surface area contributed by atoms with Gasteiger partial charge < -0.3 is 19.0 Å². The fraction of sp³-hybridized carbons (Fsp3) is 0.143. The summed E-state index contributed by atoms with van der Waals surface area (Å²) < 4.78 is 41.4. The molecule has 0 amide bonds. The lowest BCUT2D eigenvalue weighted by Gasteiger charge is -2.11. The standard InChI is InChI=1S/C28H25N3O7S/c1-18-6-8-19(9-7-18)24-16-23(30-31(24)20-10-12-21(13-11-20)39(29,34)35)28(33)37-15-14-36-26-17-27(32)38-25-5-3-2-4-22(25)26/h2-13,16-17,28,33H,14-15H2,1H3,(H2,29,34,35). The Morgan fingerprint density at radius 3 is 2.44 bits per heavy atom. The number of nitrogens with two attached hydrogens (primary N) is 1. The summed E-state index contributed by atoms with van der Waals surface area (Å²) in [5.74, 6) is 0.355. The maximum Gasteiger partial charge on any atom is 0.339 e. The maximum atomic E-state index is 11.8. The molecule has 1 unspecified atom stereocenters. The van der Waals surface area contributed by atoms with Gasteiger partial charge in [0.05, 0.1) is 34.3 Å². The highest BCUT2D eigenvalue weighted by Gasteiger charge is 2.19. The van der Waals surface area contributed by atoms with Gasteiger partial charge in [0.15, 0.2) is 0 Å². The number of rotatable bonds is 9. The third-order valence-electron chi connectivity index (χ3n) is 5.97. The highest BCUT2D eigenvalue weighted by atomic mass is 32.2. The monoisotopic (exact) mass is 547 g/mol. The summed E-state index contributed by atoms with van der Waals surface area (Å²) in [4.78, 5) is 11.8. The van der Waals surface area contributed by atoms with Crippen molar-refractivity contribution in [3.8, 4) is 22.7 Å². The minimum Gasteiger partial charge on any atom is -0.490 e. The molecule has 0 fully saturated rings. The van der Waals surface area contributed by atoms with Gasteiger partial charge in [-0.05, 0) is 49.4 Å². The van der Waals surface area contributed by atoms with E-state index >= 15 is 0 Å². The van der Waals surface area contributed by atoms with Gasteiger partial charge >= 0.3 is 5.63 Å². The van der Waals surface area contributed by atoms with Crippen molar-refractivity contribution >= 4 is 21.0 Å². The van der Waals surface area contributed by atoms with Crippen LogP contribution >= 0.6 is 0 Å². The van der Waals surface area contributed by atoms with Gasteiger partial charge in [-0.1, -0.05) is 42.0 Å². The van der Waals surface area contributed by atoms with Crippen LogP contribution in [0.5, 0.6) is 5.75 Å². The first-order chi connectivity index (χ1) is 18.7. The summed E-state index contributed by atoms with van der Waals surface area (Å²) >= 11 is 0. The molecule has 2 aromatic heterocycles. The molecule has 3 N–H and O–H groups in total. The zero-order chi connectivity index (χ0) is 27.6. The van der Waals surface area contributed by atoms with Gasteiger partial charge in [-0.15, -0.1) is 0 Å². The molecule has 5 aromatic rings. The number of sulfonamides is 1. The fourth-order valence-corrected chi connectivity index (χ4v) is 4.54. The van der Waals surface area contributed by atoms with E-state index in [1.165, 1.54) is 18.2 Å². The first-order valence-corrected chi connectivity index (χ1v) is 13.5. The van der Waals surface area contributed by atoms with E-state index in [9.17, 15) is 18.3 Å². The zero-order valence-corrected chi connectivity index (χ0v) is 21.7. The summed E-state index contributed by atoms with van der Waals surface area (Å²) in [6.45, 7) is 2.04. The Labute approximate surface area is 223 Å². The molecule has 10 nitrogen and oxygen atoms in total. The van der Waals surface area contributed by atoms with E-state index in [0.29, 0.717) is 28.1 Å². The Morgan fingerprint density at radius 2 is 1.72 bits per heavy atom.